The first-order chi connectivity index (χ1) is 17.9. The van der Waals surface area contributed by atoms with Crippen molar-refractivity contribution in [2.45, 2.75) is 45.8 Å². The third kappa shape index (κ3) is 4.54. The lowest BCUT2D eigenvalue weighted by Gasteiger charge is -2.26. The van der Waals surface area contributed by atoms with E-state index in [1.165, 1.54) is 20.2 Å². The maximum atomic E-state index is 11.6. The van der Waals surface area contributed by atoms with E-state index < -0.39 is 11.6 Å². The van der Waals surface area contributed by atoms with E-state index in [0.29, 0.717) is 23.0 Å². The standard InChI is InChI=1S/C27H28N8O3/c1-26(2,3)35-21-9-6-15(16-12-29-25(28)30-13-16)10-20(21)33-23(35)18-8-7-17(38-27(4,5)24(36)37)11-19(18)22-31-14-32-34-22/h6-14H,1-5H3,(H,36,37)(H2,28,29,30)(H,31,32,34). The van der Waals surface area contributed by atoms with Gasteiger partial charge in [-0.25, -0.2) is 24.7 Å². The van der Waals surface area contributed by atoms with Gasteiger partial charge in [-0.3, -0.25) is 5.10 Å². The average molecular weight is 513 g/mol. The van der Waals surface area contributed by atoms with Crippen molar-refractivity contribution in [1.29, 1.82) is 0 Å². The molecule has 11 nitrogen and oxygen atoms in total. The van der Waals surface area contributed by atoms with E-state index in [2.05, 4.69) is 50.5 Å². The highest BCUT2D eigenvalue weighted by molar-refractivity contribution is 5.89. The largest absolute Gasteiger partial charge is 0.478 e. The van der Waals surface area contributed by atoms with Crippen molar-refractivity contribution in [2.24, 2.45) is 0 Å². The van der Waals surface area contributed by atoms with Gasteiger partial charge in [0.1, 0.15) is 17.9 Å². The Morgan fingerprint density at radius 1 is 0.974 bits per heavy atom. The van der Waals surface area contributed by atoms with Gasteiger partial charge in [-0.2, -0.15) is 5.10 Å². The molecule has 194 valence electrons. The van der Waals surface area contributed by atoms with Crippen LogP contribution in [0.5, 0.6) is 5.75 Å². The number of nitrogens with two attached hydrogens (primary N) is 1. The Labute approximate surface area is 218 Å². The molecule has 0 atom stereocenters. The van der Waals surface area contributed by atoms with Crippen LogP contribution in [-0.2, 0) is 10.3 Å². The van der Waals surface area contributed by atoms with Crippen LogP contribution in [0.15, 0.2) is 55.1 Å². The molecular weight excluding hydrogens is 484 g/mol. The fourth-order valence-electron chi connectivity index (χ4n) is 4.26. The number of anilines is 1. The van der Waals surface area contributed by atoms with Crippen LogP contribution in [0, 0.1) is 0 Å². The van der Waals surface area contributed by atoms with Gasteiger partial charge in [-0.1, -0.05) is 6.07 Å². The lowest BCUT2D eigenvalue weighted by molar-refractivity contribution is -0.152. The molecule has 4 N–H and O–H groups in total. The number of aromatic nitrogens is 7. The number of aromatic amines is 1. The number of benzene rings is 2. The number of imidazole rings is 1. The second-order valence-corrected chi connectivity index (χ2v) is 10.4. The predicted molar refractivity (Wildman–Crippen MR) is 143 cm³/mol. The van der Waals surface area contributed by atoms with Gasteiger partial charge >= 0.3 is 5.97 Å². The fraction of sp³-hybridized carbons (Fsp3) is 0.259. The summed E-state index contributed by atoms with van der Waals surface area (Å²) in [6.45, 7) is 9.33. The number of carboxylic acid groups (broad SMARTS) is 1. The first-order valence-corrected chi connectivity index (χ1v) is 12.0. The van der Waals surface area contributed by atoms with Gasteiger partial charge in [-0.15, -0.1) is 0 Å². The SMILES string of the molecule is CC(C)(Oc1ccc(-c2nc3cc(-c4cnc(N)nc4)ccc3n2C(C)(C)C)c(-c2ncn[nH]2)c1)C(=O)O. The molecular formula is C27H28N8O3. The highest BCUT2D eigenvalue weighted by atomic mass is 16.5. The zero-order valence-corrected chi connectivity index (χ0v) is 21.7. The molecule has 2 aromatic carbocycles. The molecule has 0 aliphatic heterocycles. The van der Waals surface area contributed by atoms with Gasteiger partial charge in [0.2, 0.25) is 5.95 Å². The van der Waals surface area contributed by atoms with Crippen molar-refractivity contribution in [3.8, 4) is 39.7 Å². The predicted octanol–water partition coefficient (Wildman–Crippen LogP) is 4.52. The van der Waals surface area contributed by atoms with Crippen molar-refractivity contribution >= 4 is 23.0 Å². The number of nitrogen functional groups attached to an aromatic ring is 1. The van der Waals surface area contributed by atoms with Crippen molar-refractivity contribution < 1.29 is 14.6 Å². The van der Waals surface area contributed by atoms with Crippen molar-refractivity contribution in [2.75, 3.05) is 5.73 Å². The first kappa shape index (κ1) is 24.9. The zero-order chi connectivity index (χ0) is 27.2. The molecule has 0 radical (unpaired) electrons. The molecule has 11 heteroatoms. The minimum atomic E-state index is -1.42. The third-order valence-electron chi connectivity index (χ3n) is 6.12. The molecule has 0 aliphatic rings. The quantitative estimate of drug-likeness (QED) is 0.297. The summed E-state index contributed by atoms with van der Waals surface area (Å²) in [7, 11) is 0. The monoisotopic (exact) mass is 512 g/mol. The smallest absolute Gasteiger partial charge is 0.347 e. The highest BCUT2D eigenvalue weighted by Gasteiger charge is 2.30. The number of carboxylic acids is 1. The van der Waals surface area contributed by atoms with E-state index in [0.717, 1.165) is 27.7 Å². The molecule has 0 fully saturated rings. The van der Waals surface area contributed by atoms with E-state index in [9.17, 15) is 9.90 Å². The number of carbonyl (C=O) groups is 1. The van der Waals surface area contributed by atoms with Crippen LogP contribution in [0.3, 0.4) is 0 Å². The minimum absolute atomic E-state index is 0.216. The van der Waals surface area contributed by atoms with Gasteiger partial charge in [0.25, 0.3) is 0 Å². The Hall–Kier alpha value is -4.80. The van der Waals surface area contributed by atoms with E-state index >= 15 is 0 Å². The summed E-state index contributed by atoms with van der Waals surface area (Å²) in [5.74, 6) is 0.754. The Morgan fingerprint density at radius 3 is 2.34 bits per heavy atom. The fourth-order valence-corrected chi connectivity index (χ4v) is 4.26. The summed E-state index contributed by atoms with van der Waals surface area (Å²) in [6.07, 6.45) is 4.79. The molecule has 5 aromatic rings. The van der Waals surface area contributed by atoms with Crippen LogP contribution in [-0.4, -0.2) is 51.4 Å². The number of hydrogen-bond donors (Lipinski definition) is 3. The van der Waals surface area contributed by atoms with Crippen LogP contribution in [0.1, 0.15) is 34.6 Å². The normalized spacial score (nSPS) is 12.1. The van der Waals surface area contributed by atoms with Gasteiger partial charge in [0.05, 0.1) is 11.0 Å². The molecule has 5 rings (SSSR count). The third-order valence-corrected chi connectivity index (χ3v) is 6.12. The lowest BCUT2D eigenvalue weighted by Crippen LogP contribution is -2.37. The van der Waals surface area contributed by atoms with Crippen molar-refractivity contribution in [3.63, 3.8) is 0 Å². The molecule has 38 heavy (non-hydrogen) atoms. The van der Waals surface area contributed by atoms with E-state index in [-0.39, 0.29) is 11.5 Å². The second kappa shape index (κ2) is 8.94. The van der Waals surface area contributed by atoms with Crippen LogP contribution in [0.2, 0.25) is 0 Å². The molecule has 0 spiro atoms. The molecule has 0 amide bonds. The minimum Gasteiger partial charge on any atom is -0.478 e. The maximum Gasteiger partial charge on any atom is 0.347 e. The summed E-state index contributed by atoms with van der Waals surface area (Å²) in [4.78, 5) is 29.3. The molecule has 3 heterocycles. The number of nitrogens with one attached hydrogen (secondary N) is 1. The summed E-state index contributed by atoms with van der Waals surface area (Å²) in [5, 5.41) is 16.5. The number of aliphatic carboxylic acids is 1. The lowest BCUT2D eigenvalue weighted by atomic mass is 10.0. The number of fused-ring (bicyclic) bond motifs is 1. The van der Waals surface area contributed by atoms with Crippen molar-refractivity contribution in [3.05, 3.63) is 55.1 Å². The highest BCUT2D eigenvalue weighted by Crippen LogP contribution is 2.38. The summed E-state index contributed by atoms with van der Waals surface area (Å²) >= 11 is 0. The Kier molecular flexibility index (Phi) is 5.85. The Morgan fingerprint density at radius 2 is 1.71 bits per heavy atom. The van der Waals surface area contributed by atoms with Crippen LogP contribution in [0.4, 0.5) is 5.95 Å². The number of nitrogens with zero attached hydrogens (tertiary/aromatic N) is 6. The van der Waals surface area contributed by atoms with Gasteiger partial charge < -0.3 is 20.1 Å². The van der Waals surface area contributed by atoms with Gasteiger partial charge in [0, 0.05) is 34.6 Å². The summed E-state index contributed by atoms with van der Waals surface area (Å²) < 4.78 is 7.98. The molecule has 0 bridgehead atoms. The van der Waals surface area contributed by atoms with E-state index in [1.807, 2.05) is 24.3 Å². The number of hydrogen-bond acceptors (Lipinski definition) is 8. The van der Waals surface area contributed by atoms with Crippen LogP contribution in [0.25, 0.3) is 44.9 Å². The Bertz CT molecular complexity index is 1630. The molecule has 3 aromatic heterocycles. The number of rotatable bonds is 6. The van der Waals surface area contributed by atoms with Crippen LogP contribution >= 0.6 is 0 Å². The van der Waals surface area contributed by atoms with E-state index in [1.54, 1.807) is 24.5 Å². The summed E-state index contributed by atoms with van der Waals surface area (Å²) in [6, 6.07) is 11.4. The van der Waals surface area contributed by atoms with Crippen LogP contribution < -0.4 is 10.5 Å². The number of H-pyrrole nitrogens is 1. The molecule has 0 unspecified atom stereocenters. The zero-order valence-electron chi connectivity index (χ0n) is 21.7. The average Bonchev–Trinajstić information content (AvgIpc) is 3.52. The molecule has 0 aliphatic carbocycles. The first-order valence-electron chi connectivity index (χ1n) is 12.0. The topological polar surface area (TPSA) is 158 Å². The van der Waals surface area contributed by atoms with Crippen molar-refractivity contribution in [1.82, 2.24) is 34.7 Å². The Balaban J connectivity index is 1.71. The molecule has 0 saturated heterocycles. The molecule has 0 saturated carbocycles. The second-order valence-electron chi connectivity index (χ2n) is 10.4. The van der Waals surface area contributed by atoms with Gasteiger partial charge in [0.15, 0.2) is 11.4 Å². The van der Waals surface area contributed by atoms with Gasteiger partial charge in [-0.05, 0) is 70.5 Å². The summed E-state index contributed by atoms with van der Waals surface area (Å²) in [5.41, 5.74) is 8.86. The van der Waals surface area contributed by atoms with E-state index in [4.69, 9.17) is 15.5 Å². The number of ether oxygens (including phenoxy) is 1. The maximum absolute atomic E-state index is 11.6.